The average Bonchev–Trinajstić information content (AvgIpc) is 2.04. The van der Waals surface area contributed by atoms with E-state index in [0.717, 1.165) is 0 Å². The smallest absolute Gasteiger partial charge is 0.407 e. The first-order valence-corrected chi connectivity index (χ1v) is 3.87. The number of carbonyl (C=O) groups is 2. The van der Waals surface area contributed by atoms with Crippen molar-refractivity contribution in [1.82, 2.24) is 5.32 Å². The van der Waals surface area contributed by atoms with Crippen molar-refractivity contribution in [2.75, 3.05) is 19.8 Å². The zero-order valence-corrected chi connectivity index (χ0v) is 7.12. The summed E-state index contributed by atoms with van der Waals surface area (Å²) in [5.74, 6) is -1.02. The molecule has 0 rings (SSSR count). The Morgan fingerprint density at radius 3 is 2.62 bits per heavy atom. The fourth-order valence-corrected chi connectivity index (χ4v) is 0.545. The molecule has 0 bridgehead atoms. The molecule has 0 aliphatic heterocycles. The lowest BCUT2D eigenvalue weighted by Gasteiger charge is -2.03. The van der Waals surface area contributed by atoms with Crippen LogP contribution in [0.4, 0.5) is 4.79 Å². The lowest BCUT2D eigenvalue weighted by molar-refractivity contribution is -0.137. The number of carboxylic acid groups (broad SMARTS) is 1. The average molecular weight is 190 g/mol. The van der Waals surface area contributed by atoms with Crippen LogP contribution in [0.1, 0.15) is 12.8 Å². The van der Waals surface area contributed by atoms with Gasteiger partial charge < -0.3 is 15.2 Å². The van der Waals surface area contributed by atoms with Crippen LogP contribution in [0, 0.1) is 0 Å². The number of nitrogens with one attached hydrogen (secondary N) is 1. The largest absolute Gasteiger partial charge is 0.481 e. The summed E-state index contributed by atoms with van der Waals surface area (Å²) in [6.07, 6.45) is -0.557. The summed E-state index contributed by atoms with van der Waals surface area (Å²) >= 11 is 0. The Morgan fingerprint density at radius 1 is 1.38 bits per heavy atom. The second-order valence-corrected chi connectivity index (χ2v) is 2.26. The van der Waals surface area contributed by atoms with Crippen LogP contribution in [-0.2, 0) is 14.6 Å². The maximum absolute atomic E-state index is 10.7. The first-order chi connectivity index (χ1) is 6.16. The van der Waals surface area contributed by atoms with Gasteiger partial charge in [-0.15, -0.1) is 0 Å². The molecular weight excluding hydrogens is 178 g/mol. The van der Waals surface area contributed by atoms with E-state index in [9.17, 15) is 14.7 Å². The van der Waals surface area contributed by atoms with Crippen LogP contribution in [0.25, 0.3) is 0 Å². The van der Waals surface area contributed by atoms with Crippen LogP contribution >= 0.6 is 0 Å². The third-order valence-electron chi connectivity index (χ3n) is 1.14. The second-order valence-electron chi connectivity index (χ2n) is 2.26. The topological polar surface area (TPSA) is 95.5 Å². The highest BCUT2D eigenvalue weighted by atomic mass is 16.5. The van der Waals surface area contributed by atoms with Gasteiger partial charge in [0, 0.05) is 6.54 Å². The molecule has 0 saturated heterocycles. The van der Waals surface area contributed by atoms with E-state index in [1.54, 1.807) is 0 Å². The van der Waals surface area contributed by atoms with Gasteiger partial charge in [-0.2, -0.15) is 0 Å². The molecule has 0 heterocycles. The van der Waals surface area contributed by atoms with Gasteiger partial charge in [0.1, 0.15) is 6.61 Å². The van der Waals surface area contributed by atoms with Crippen LogP contribution in [0.15, 0.2) is 0 Å². The zero-order valence-electron chi connectivity index (χ0n) is 7.12. The SMILES string of the molecule is [O]CCCNC(=O)OCCC(=O)O. The molecule has 0 atom stereocenters. The molecule has 0 aromatic carbocycles. The summed E-state index contributed by atoms with van der Waals surface area (Å²) in [6, 6.07) is 0. The summed E-state index contributed by atoms with van der Waals surface area (Å²) in [4.78, 5) is 20.7. The first-order valence-electron chi connectivity index (χ1n) is 3.87. The van der Waals surface area contributed by atoms with Crippen molar-refractivity contribution in [3.8, 4) is 0 Å². The standard InChI is InChI=1S/C7H12NO5/c9-4-1-3-8-7(12)13-5-2-6(10)11/h1-5H2,(H,8,12)(H,10,11). The molecule has 0 aliphatic rings. The summed E-state index contributed by atoms with van der Waals surface area (Å²) in [7, 11) is 0. The van der Waals surface area contributed by atoms with Gasteiger partial charge in [-0.25, -0.2) is 9.90 Å². The summed E-state index contributed by atoms with van der Waals surface area (Å²) in [6.45, 7) is -0.149. The van der Waals surface area contributed by atoms with Gasteiger partial charge in [0.15, 0.2) is 0 Å². The van der Waals surface area contributed by atoms with Crippen molar-refractivity contribution >= 4 is 12.1 Å². The predicted octanol–water partition coefficient (Wildman–Crippen LogP) is 0.00790. The molecule has 1 amide bonds. The molecule has 0 aliphatic carbocycles. The molecular formula is C7H12NO5. The first kappa shape index (κ1) is 11.7. The number of hydrogen-bond donors (Lipinski definition) is 2. The van der Waals surface area contributed by atoms with Crippen LogP contribution in [0.5, 0.6) is 0 Å². The summed E-state index contributed by atoms with van der Waals surface area (Å²) < 4.78 is 4.47. The van der Waals surface area contributed by atoms with Crippen LogP contribution < -0.4 is 5.32 Å². The quantitative estimate of drug-likeness (QED) is 0.576. The van der Waals surface area contributed by atoms with E-state index >= 15 is 0 Å². The molecule has 0 spiro atoms. The molecule has 0 aromatic rings. The molecule has 0 aromatic heterocycles. The van der Waals surface area contributed by atoms with Crippen molar-refractivity contribution in [3.63, 3.8) is 0 Å². The van der Waals surface area contributed by atoms with Crippen LogP contribution in [-0.4, -0.2) is 36.9 Å². The highest BCUT2D eigenvalue weighted by Crippen LogP contribution is 1.84. The van der Waals surface area contributed by atoms with E-state index in [-0.39, 0.29) is 26.2 Å². The number of carboxylic acids is 1. The monoisotopic (exact) mass is 190 g/mol. The molecule has 0 saturated carbocycles. The molecule has 1 radical (unpaired) electrons. The minimum absolute atomic E-state index is 0.154. The third kappa shape index (κ3) is 8.61. The van der Waals surface area contributed by atoms with Crippen molar-refractivity contribution < 1.29 is 24.5 Å². The maximum Gasteiger partial charge on any atom is 0.407 e. The van der Waals surface area contributed by atoms with Crippen molar-refractivity contribution in [2.24, 2.45) is 0 Å². The molecule has 0 fully saturated rings. The highest BCUT2D eigenvalue weighted by Gasteiger charge is 2.02. The Morgan fingerprint density at radius 2 is 2.08 bits per heavy atom. The molecule has 2 N–H and O–H groups in total. The van der Waals surface area contributed by atoms with E-state index in [0.29, 0.717) is 6.42 Å². The lowest BCUT2D eigenvalue weighted by Crippen LogP contribution is -2.26. The maximum atomic E-state index is 10.7. The van der Waals surface area contributed by atoms with E-state index in [4.69, 9.17) is 5.11 Å². The summed E-state index contributed by atoms with van der Waals surface area (Å²) in [5.41, 5.74) is 0. The van der Waals surface area contributed by atoms with E-state index in [2.05, 4.69) is 10.1 Å². The van der Waals surface area contributed by atoms with Gasteiger partial charge in [-0.1, -0.05) is 0 Å². The number of aliphatic carboxylic acids is 1. The lowest BCUT2D eigenvalue weighted by atomic mass is 10.4. The number of amides is 1. The Bertz CT molecular complexity index is 170. The van der Waals surface area contributed by atoms with Gasteiger partial charge in [0.05, 0.1) is 13.0 Å². The zero-order chi connectivity index (χ0) is 10.1. The second kappa shape index (κ2) is 7.35. The Kier molecular flexibility index (Phi) is 6.62. The summed E-state index contributed by atoms with van der Waals surface area (Å²) in [5, 5.41) is 20.4. The fourth-order valence-electron chi connectivity index (χ4n) is 0.545. The van der Waals surface area contributed by atoms with Gasteiger partial charge in [0.2, 0.25) is 0 Å². The highest BCUT2D eigenvalue weighted by molar-refractivity contribution is 5.69. The minimum Gasteiger partial charge on any atom is -0.481 e. The molecule has 6 heteroatoms. The number of ether oxygens (including phenoxy) is 1. The van der Waals surface area contributed by atoms with Crippen molar-refractivity contribution in [3.05, 3.63) is 0 Å². The van der Waals surface area contributed by atoms with Crippen molar-refractivity contribution in [2.45, 2.75) is 12.8 Å². The van der Waals surface area contributed by atoms with Crippen molar-refractivity contribution in [1.29, 1.82) is 0 Å². The predicted molar refractivity (Wildman–Crippen MR) is 41.8 cm³/mol. The van der Waals surface area contributed by atoms with Crippen LogP contribution in [0.2, 0.25) is 0 Å². The normalized spacial score (nSPS) is 9.31. The Balaban J connectivity index is 3.25. The van der Waals surface area contributed by atoms with Gasteiger partial charge in [-0.3, -0.25) is 4.79 Å². The molecule has 75 valence electrons. The van der Waals surface area contributed by atoms with Gasteiger partial charge in [0.25, 0.3) is 0 Å². The molecule has 13 heavy (non-hydrogen) atoms. The Hall–Kier alpha value is -1.30. The number of carbonyl (C=O) groups excluding carboxylic acids is 1. The van der Waals surface area contributed by atoms with Crippen LogP contribution in [0.3, 0.4) is 0 Å². The molecule has 0 unspecified atom stereocenters. The number of hydrogen-bond acceptors (Lipinski definition) is 3. The number of rotatable bonds is 6. The number of alkyl carbamates (subject to hydrolysis) is 1. The third-order valence-corrected chi connectivity index (χ3v) is 1.14. The Labute approximate surface area is 75.5 Å². The minimum atomic E-state index is -1.02. The van der Waals surface area contributed by atoms with E-state index < -0.39 is 12.1 Å². The fraction of sp³-hybridized carbons (Fsp3) is 0.714. The van der Waals surface area contributed by atoms with E-state index in [1.165, 1.54) is 0 Å². The van der Waals surface area contributed by atoms with E-state index in [1.807, 2.05) is 0 Å². The van der Waals surface area contributed by atoms with Gasteiger partial charge in [-0.05, 0) is 6.42 Å². The van der Waals surface area contributed by atoms with Gasteiger partial charge >= 0.3 is 12.1 Å². The molecule has 6 nitrogen and oxygen atoms in total.